The Morgan fingerprint density at radius 3 is 2.47 bits per heavy atom. The predicted molar refractivity (Wildman–Crippen MR) is 64.0 cm³/mol. The molecule has 0 aromatic heterocycles. The van der Waals surface area contributed by atoms with Gasteiger partial charge in [-0.2, -0.15) is 0 Å². The van der Waals surface area contributed by atoms with Crippen molar-refractivity contribution in [3.63, 3.8) is 0 Å². The molecule has 2 nitrogen and oxygen atoms in total. The highest BCUT2D eigenvalue weighted by atomic mass is 19.1. The first-order valence-electron chi connectivity index (χ1n) is 5.21. The second kappa shape index (κ2) is 4.93. The van der Waals surface area contributed by atoms with Crippen molar-refractivity contribution in [2.24, 2.45) is 5.73 Å². The Morgan fingerprint density at radius 1 is 1.00 bits per heavy atom. The smallest absolute Gasteiger partial charge is 0.146 e. The lowest BCUT2D eigenvalue weighted by Gasteiger charge is -2.11. The number of nitrogens with one attached hydrogen (secondary N) is 1. The van der Waals surface area contributed by atoms with Crippen LogP contribution >= 0.6 is 0 Å². The normalized spacial score (nSPS) is 10.3. The third-order valence-electron chi connectivity index (χ3n) is 2.43. The van der Waals surface area contributed by atoms with E-state index in [1.165, 1.54) is 18.2 Å². The maximum Gasteiger partial charge on any atom is 0.146 e. The van der Waals surface area contributed by atoms with E-state index in [4.69, 9.17) is 5.73 Å². The van der Waals surface area contributed by atoms with E-state index in [0.29, 0.717) is 16.9 Å². The topological polar surface area (TPSA) is 38.0 Å². The molecule has 17 heavy (non-hydrogen) atoms. The van der Waals surface area contributed by atoms with Gasteiger partial charge in [-0.1, -0.05) is 12.1 Å². The molecule has 0 aliphatic heterocycles. The second-order valence-corrected chi connectivity index (χ2v) is 3.61. The summed E-state index contributed by atoms with van der Waals surface area (Å²) in [6.07, 6.45) is 0. The average molecular weight is 234 g/mol. The Kier molecular flexibility index (Phi) is 3.35. The Morgan fingerprint density at radius 2 is 1.76 bits per heavy atom. The molecule has 0 aliphatic rings. The highest BCUT2D eigenvalue weighted by Crippen LogP contribution is 2.23. The van der Waals surface area contributed by atoms with Gasteiger partial charge in [0.2, 0.25) is 0 Å². The number of hydrogen-bond acceptors (Lipinski definition) is 2. The molecule has 0 spiro atoms. The fraction of sp³-hybridized carbons (Fsp3) is 0.0769. The third kappa shape index (κ3) is 2.60. The molecule has 0 saturated heterocycles. The average Bonchev–Trinajstić information content (AvgIpc) is 2.34. The van der Waals surface area contributed by atoms with E-state index in [9.17, 15) is 8.78 Å². The highest BCUT2D eigenvalue weighted by Gasteiger charge is 2.05. The maximum atomic E-state index is 13.4. The summed E-state index contributed by atoms with van der Waals surface area (Å²) in [4.78, 5) is 0. The van der Waals surface area contributed by atoms with Crippen molar-refractivity contribution in [1.29, 1.82) is 0 Å². The lowest BCUT2D eigenvalue weighted by Crippen LogP contribution is -2.03. The van der Waals surface area contributed by atoms with Crippen molar-refractivity contribution in [3.05, 3.63) is 59.7 Å². The van der Waals surface area contributed by atoms with Crippen LogP contribution in [0.4, 0.5) is 20.2 Å². The van der Waals surface area contributed by atoms with Gasteiger partial charge in [-0.05, 0) is 35.9 Å². The highest BCUT2D eigenvalue weighted by molar-refractivity contribution is 5.63. The maximum absolute atomic E-state index is 13.4. The van der Waals surface area contributed by atoms with Crippen LogP contribution < -0.4 is 11.1 Å². The van der Waals surface area contributed by atoms with E-state index in [-0.39, 0.29) is 18.2 Å². The van der Waals surface area contributed by atoms with Crippen LogP contribution in [0.1, 0.15) is 5.56 Å². The summed E-state index contributed by atoms with van der Waals surface area (Å²) in [5.41, 5.74) is 7.07. The fourth-order valence-corrected chi connectivity index (χ4v) is 1.56. The van der Waals surface area contributed by atoms with Crippen LogP contribution in [-0.4, -0.2) is 0 Å². The first kappa shape index (κ1) is 11.5. The zero-order valence-corrected chi connectivity index (χ0v) is 9.08. The molecule has 0 bridgehead atoms. The molecule has 88 valence electrons. The summed E-state index contributed by atoms with van der Waals surface area (Å²) in [6, 6.07) is 10.5. The van der Waals surface area contributed by atoms with Crippen LogP contribution in [0.15, 0.2) is 42.5 Å². The molecule has 0 unspecified atom stereocenters. The minimum atomic E-state index is -0.361. The van der Waals surface area contributed by atoms with Crippen molar-refractivity contribution in [2.45, 2.75) is 6.54 Å². The lowest BCUT2D eigenvalue weighted by molar-refractivity contribution is 0.625. The molecule has 0 amide bonds. The minimum Gasteiger partial charge on any atom is -0.353 e. The van der Waals surface area contributed by atoms with E-state index in [1.807, 2.05) is 0 Å². The third-order valence-corrected chi connectivity index (χ3v) is 2.43. The molecule has 4 heteroatoms. The van der Waals surface area contributed by atoms with Gasteiger partial charge in [-0.15, -0.1) is 0 Å². The molecule has 0 heterocycles. The van der Waals surface area contributed by atoms with E-state index in [1.54, 1.807) is 24.3 Å². The molecule has 0 fully saturated rings. The summed E-state index contributed by atoms with van der Waals surface area (Å²) in [5.74, 6) is -0.718. The summed E-state index contributed by atoms with van der Waals surface area (Å²) >= 11 is 0. The van der Waals surface area contributed by atoms with Gasteiger partial charge in [-0.3, -0.25) is 0 Å². The van der Waals surface area contributed by atoms with Gasteiger partial charge in [0.25, 0.3) is 0 Å². The van der Waals surface area contributed by atoms with Gasteiger partial charge in [0.05, 0.1) is 5.69 Å². The van der Waals surface area contributed by atoms with Crippen molar-refractivity contribution >= 4 is 11.4 Å². The molecule has 2 aromatic rings. The van der Waals surface area contributed by atoms with Crippen LogP contribution in [0.5, 0.6) is 0 Å². The van der Waals surface area contributed by atoms with E-state index in [0.717, 1.165) is 0 Å². The van der Waals surface area contributed by atoms with Crippen molar-refractivity contribution in [1.82, 2.24) is 0 Å². The van der Waals surface area contributed by atoms with Crippen molar-refractivity contribution in [2.75, 3.05) is 5.32 Å². The number of halogens is 2. The second-order valence-electron chi connectivity index (χ2n) is 3.61. The molecule has 3 N–H and O–H groups in total. The van der Waals surface area contributed by atoms with Crippen molar-refractivity contribution < 1.29 is 8.78 Å². The van der Waals surface area contributed by atoms with Gasteiger partial charge < -0.3 is 11.1 Å². The standard InChI is InChI=1S/C13H12F2N2/c14-10-5-6-12(9(7-10)8-16)17-13-4-2-1-3-11(13)15/h1-7,17H,8,16H2. The first-order valence-corrected chi connectivity index (χ1v) is 5.21. The lowest BCUT2D eigenvalue weighted by atomic mass is 10.1. The summed E-state index contributed by atoms with van der Waals surface area (Å²) in [7, 11) is 0. The van der Waals surface area contributed by atoms with Gasteiger partial charge in [0, 0.05) is 12.2 Å². The SMILES string of the molecule is NCc1cc(F)ccc1Nc1ccccc1F. The Balaban J connectivity index is 2.33. The molecule has 0 saturated carbocycles. The molecular formula is C13H12F2N2. The zero-order chi connectivity index (χ0) is 12.3. The number of hydrogen-bond donors (Lipinski definition) is 2. The van der Waals surface area contributed by atoms with Gasteiger partial charge >= 0.3 is 0 Å². The van der Waals surface area contributed by atoms with Gasteiger partial charge in [0.1, 0.15) is 11.6 Å². The summed E-state index contributed by atoms with van der Waals surface area (Å²) < 4.78 is 26.4. The Bertz CT molecular complexity index is 527. The first-order chi connectivity index (χ1) is 8.20. The fourth-order valence-electron chi connectivity index (χ4n) is 1.56. The largest absolute Gasteiger partial charge is 0.353 e. The van der Waals surface area contributed by atoms with Gasteiger partial charge in [-0.25, -0.2) is 8.78 Å². The molecule has 2 rings (SSSR count). The summed E-state index contributed by atoms with van der Waals surface area (Å²) in [6.45, 7) is 0.189. The predicted octanol–water partition coefficient (Wildman–Crippen LogP) is 3.17. The molecule has 0 atom stereocenters. The molecular weight excluding hydrogens is 222 g/mol. The van der Waals surface area contributed by atoms with Crippen molar-refractivity contribution in [3.8, 4) is 0 Å². The zero-order valence-electron chi connectivity index (χ0n) is 9.08. The quantitative estimate of drug-likeness (QED) is 0.856. The van der Waals surface area contributed by atoms with Crippen LogP contribution in [-0.2, 0) is 6.54 Å². The summed E-state index contributed by atoms with van der Waals surface area (Å²) in [5, 5.41) is 2.90. The number of benzene rings is 2. The van der Waals surface area contributed by atoms with Crippen LogP contribution in [0.25, 0.3) is 0 Å². The Labute approximate surface area is 98.1 Å². The molecule has 0 aliphatic carbocycles. The Hall–Kier alpha value is -1.94. The van der Waals surface area contributed by atoms with Gasteiger partial charge in [0.15, 0.2) is 0 Å². The van der Waals surface area contributed by atoms with E-state index >= 15 is 0 Å². The monoisotopic (exact) mass is 234 g/mol. The minimum absolute atomic E-state index is 0.189. The van der Waals surface area contributed by atoms with E-state index < -0.39 is 0 Å². The van der Waals surface area contributed by atoms with Crippen LogP contribution in [0, 0.1) is 11.6 Å². The number of anilines is 2. The molecule has 0 radical (unpaired) electrons. The number of para-hydroxylation sites is 1. The molecule has 2 aromatic carbocycles. The number of rotatable bonds is 3. The van der Waals surface area contributed by atoms with Crippen LogP contribution in [0.2, 0.25) is 0 Å². The van der Waals surface area contributed by atoms with Crippen LogP contribution in [0.3, 0.4) is 0 Å². The number of nitrogens with two attached hydrogens (primary N) is 1. The van der Waals surface area contributed by atoms with E-state index in [2.05, 4.69) is 5.32 Å².